The lowest BCUT2D eigenvalue weighted by Crippen LogP contribution is -2.02. The van der Waals surface area contributed by atoms with Crippen molar-refractivity contribution in [1.29, 1.82) is 0 Å². The highest BCUT2D eigenvalue weighted by Gasteiger charge is 1.98. The Balaban J connectivity index is 3.60. The van der Waals surface area contributed by atoms with Gasteiger partial charge in [0.05, 0.1) is 6.61 Å². The highest BCUT2D eigenvalue weighted by Crippen LogP contribution is 2.00. The molecule has 0 saturated carbocycles. The molecule has 134 valence electrons. The molecule has 1 unspecified atom stereocenters. The number of hydrogen-bond acceptors (Lipinski definition) is 2. The van der Waals surface area contributed by atoms with E-state index in [1.54, 1.807) is 6.92 Å². The van der Waals surface area contributed by atoms with Gasteiger partial charge in [0.25, 0.3) is 0 Å². The quantitative estimate of drug-likeness (QED) is 0.269. The monoisotopic (exact) mass is 331 g/mol. The molecule has 0 heterocycles. The van der Waals surface area contributed by atoms with Crippen LogP contribution in [0.2, 0.25) is 0 Å². The minimum atomic E-state index is -0.762. The van der Waals surface area contributed by atoms with Gasteiger partial charge in [0.2, 0.25) is 0 Å². The van der Waals surface area contributed by atoms with Crippen LogP contribution in [0.25, 0.3) is 0 Å². The first-order chi connectivity index (χ1) is 12.2. The van der Waals surface area contributed by atoms with Gasteiger partial charge >= 0.3 is 5.97 Å². The number of esters is 1. The number of ether oxygens (including phenoxy) is 1. The maximum absolute atomic E-state index is 11.3. The van der Waals surface area contributed by atoms with E-state index in [0.717, 1.165) is 38.5 Å². The predicted molar refractivity (Wildman–Crippen MR) is 105 cm³/mol. The van der Waals surface area contributed by atoms with E-state index in [-0.39, 0.29) is 0 Å². The van der Waals surface area contributed by atoms with E-state index in [2.05, 4.69) is 61.6 Å². The van der Waals surface area contributed by atoms with E-state index < -0.39 is 12.4 Å². The Labute approximate surface area is 150 Å². The third-order valence-electron chi connectivity index (χ3n) is 3.09. The summed E-state index contributed by atoms with van der Waals surface area (Å²) in [5, 5.41) is 0. The van der Waals surface area contributed by atoms with Gasteiger partial charge < -0.3 is 4.74 Å². The molecule has 0 aliphatic rings. The van der Waals surface area contributed by atoms with E-state index >= 15 is 0 Å². The lowest BCUT2D eigenvalue weighted by Gasteiger charge is -1.98. The summed E-state index contributed by atoms with van der Waals surface area (Å²) in [5.74, 6) is -0.421. The summed E-state index contributed by atoms with van der Waals surface area (Å²) >= 11 is 0. The van der Waals surface area contributed by atoms with Gasteiger partial charge in [-0.3, -0.25) is 4.79 Å². The van der Waals surface area contributed by atoms with Crippen LogP contribution >= 0.6 is 0 Å². The normalized spacial score (nSPS) is 14.5. The Bertz CT molecular complexity index is 459. The van der Waals surface area contributed by atoms with Gasteiger partial charge in [0, 0.05) is 7.77 Å². The van der Waals surface area contributed by atoms with Crippen LogP contribution in [0, 0.1) is 0 Å². The fraction of sp³-hybridized carbons (Fsp3) is 0.500. The Kier molecular flexibility index (Phi) is 16.2. The second-order valence-electron chi connectivity index (χ2n) is 5.24. The van der Waals surface area contributed by atoms with Gasteiger partial charge in [0.15, 0.2) is 0 Å². The van der Waals surface area contributed by atoms with Crippen molar-refractivity contribution >= 4 is 5.97 Å². The summed E-state index contributed by atoms with van der Waals surface area (Å²) in [7, 11) is 0. The summed E-state index contributed by atoms with van der Waals surface area (Å²) in [4.78, 5) is 11.3. The Morgan fingerprint density at radius 2 is 1.25 bits per heavy atom. The first-order valence-electron chi connectivity index (χ1n) is 9.63. The molecule has 0 aromatic carbocycles. The zero-order valence-corrected chi connectivity index (χ0v) is 15.3. The van der Waals surface area contributed by atoms with E-state index in [0.29, 0.717) is 13.0 Å². The van der Waals surface area contributed by atoms with Gasteiger partial charge in [-0.25, -0.2) is 0 Å². The third-order valence-corrected chi connectivity index (χ3v) is 3.09. The average molecular weight is 332 g/mol. The molecule has 0 aliphatic heterocycles. The van der Waals surface area contributed by atoms with Crippen molar-refractivity contribution in [2.45, 2.75) is 65.2 Å². The summed E-state index contributed by atoms with van der Waals surface area (Å²) in [6.45, 7) is 4.25. The van der Waals surface area contributed by atoms with Crippen LogP contribution in [0.5, 0.6) is 0 Å². The molecule has 0 rings (SSSR count). The van der Waals surface area contributed by atoms with E-state index in [1.807, 2.05) is 6.08 Å². The van der Waals surface area contributed by atoms with Gasteiger partial charge in [0.1, 0.15) is 0 Å². The molecule has 0 aliphatic carbocycles. The number of carbonyl (C=O) groups excluding carboxylic acids is 1. The van der Waals surface area contributed by atoms with Crippen LogP contribution in [0.1, 0.15) is 66.6 Å². The first-order valence-corrected chi connectivity index (χ1v) is 9.06. The van der Waals surface area contributed by atoms with Crippen LogP contribution in [-0.4, -0.2) is 12.6 Å². The van der Waals surface area contributed by atoms with Crippen LogP contribution in [0.3, 0.4) is 0 Å². The Morgan fingerprint density at radius 1 is 0.792 bits per heavy atom. The summed E-state index contributed by atoms with van der Waals surface area (Å²) in [5.41, 5.74) is 0. The van der Waals surface area contributed by atoms with Crippen molar-refractivity contribution in [2.24, 2.45) is 0 Å². The molecule has 0 aromatic heterocycles. The highest BCUT2D eigenvalue weighted by molar-refractivity contribution is 5.69. The predicted octanol–water partition coefficient (Wildman–Crippen LogP) is 6.47. The van der Waals surface area contributed by atoms with Gasteiger partial charge in [-0.05, 0) is 51.9 Å². The second-order valence-corrected chi connectivity index (χ2v) is 5.24. The van der Waals surface area contributed by atoms with Crippen LogP contribution < -0.4 is 0 Å². The Hall–Kier alpha value is -1.83. The lowest BCUT2D eigenvalue weighted by atomic mass is 10.2. The molecule has 0 amide bonds. The fourth-order valence-electron chi connectivity index (χ4n) is 1.87. The number of allylic oxidation sites excluding steroid dienone is 10. The lowest BCUT2D eigenvalue weighted by molar-refractivity contribution is -0.143. The fourth-order valence-corrected chi connectivity index (χ4v) is 1.87. The van der Waals surface area contributed by atoms with Gasteiger partial charge in [-0.15, -0.1) is 0 Å². The SMILES string of the molecule is [2H]C(CC/C=C\C/C=C\C/C=C\C/C=C\C/C=C\CC)C(=O)OCC. The molecule has 0 spiro atoms. The van der Waals surface area contributed by atoms with E-state index in [1.165, 1.54) is 0 Å². The van der Waals surface area contributed by atoms with E-state index in [4.69, 9.17) is 6.11 Å². The molecule has 1 atom stereocenters. The standard InChI is InChI=1S/C22H34O2/c1-3-5-6-7-8-9-10-11-12-13-14-15-16-17-18-19-20-21-22(23)24-4-2/h5-6,8-9,11-12,14-15,17-18H,3-4,7,10,13,16,19-21H2,1-2H3/b6-5-,9-8-,12-11-,15-14-,18-17-/i21D. The molecule has 2 heteroatoms. The van der Waals surface area contributed by atoms with Crippen LogP contribution in [0.4, 0.5) is 0 Å². The maximum atomic E-state index is 11.3. The van der Waals surface area contributed by atoms with Crippen LogP contribution in [-0.2, 0) is 9.53 Å². The van der Waals surface area contributed by atoms with Crippen molar-refractivity contribution in [3.63, 3.8) is 0 Å². The molecule has 2 nitrogen and oxygen atoms in total. The minimum Gasteiger partial charge on any atom is -0.466 e. The number of rotatable bonds is 14. The van der Waals surface area contributed by atoms with Crippen molar-refractivity contribution in [2.75, 3.05) is 6.61 Å². The van der Waals surface area contributed by atoms with Gasteiger partial charge in [-0.2, -0.15) is 0 Å². The molecular formula is C22H34O2. The molecule has 0 saturated heterocycles. The average Bonchev–Trinajstić information content (AvgIpc) is 2.61. The molecule has 0 radical (unpaired) electrons. The Morgan fingerprint density at radius 3 is 1.71 bits per heavy atom. The largest absolute Gasteiger partial charge is 0.466 e. The van der Waals surface area contributed by atoms with Crippen molar-refractivity contribution < 1.29 is 10.9 Å². The summed E-state index contributed by atoms with van der Waals surface area (Å²) < 4.78 is 12.4. The minimum absolute atomic E-state index is 0.343. The molecule has 24 heavy (non-hydrogen) atoms. The third kappa shape index (κ3) is 18.2. The van der Waals surface area contributed by atoms with Crippen molar-refractivity contribution in [1.82, 2.24) is 0 Å². The molecular weight excluding hydrogens is 296 g/mol. The molecule has 0 fully saturated rings. The van der Waals surface area contributed by atoms with Crippen molar-refractivity contribution in [3.05, 3.63) is 60.8 Å². The smallest absolute Gasteiger partial charge is 0.305 e. The summed E-state index contributed by atoms with van der Waals surface area (Å²) in [6, 6.07) is 0. The maximum Gasteiger partial charge on any atom is 0.305 e. The second kappa shape index (κ2) is 19.2. The molecule has 0 N–H and O–H groups in total. The highest BCUT2D eigenvalue weighted by atomic mass is 16.5. The van der Waals surface area contributed by atoms with Gasteiger partial charge in [-0.1, -0.05) is 67.7 Å². The van der Waals surface area contributed by atoms with Crippen LogP contribution in [0.15, 0.2) is 60.8 Å². The zero-order chi connectivity index (χ0) is 18.6. The summed E-state index contributed by atoms with van der Waals surface area (Å²) in [6.07, 6.45) is 27.0. The first kappa shape index (κ1) is 20.2. The van der Waals surface area contributed by atoms with Crippen molar-refractivity contribution in [3.8, 4) is 0 Å². The number of hydrogen-bond donors (Lipinski definition) is 0. The van der Waals surface area contributed by atoms with E-state index in [9.17, 15) is 4.79 Å². The zero-order valence-electron chi connectivity index (χ0n) is 16.3. The number of carbonyl (C=O) groups is 1. The molecule has 0 bridgehead atoms. The topological polar surface area (TPSA) is 26.3 Å². The molecule has 0 aromatic rings.